The van der Waals surface area contributed by atoms with E-state index in [2.05, 4.69) is 20.9 Å². The molecule has 2 aliphatic heterocycles. The zero-order chi connectivity index (χ0) is 26.0. The molecule has 0 saturated carbocycles. The summed E-state index contributed by atoms with van der Waals surface area (Å²) in [4.78, 5) is 66.5. The van der Waals surface area contributed by atoms with E-state index < -0.39 is 53.8 Å². The number of carboxylic acids is 2. The summed E-state index contributed by atoms with van der Waals surface area (Å²) in [5, 5.41) is 26.7. The Bertz CT molecular complexity index is 825. The molecule has 2 fully saturated rings. The van der Waals surface area contributed by atoms with E-state index in [1.54, 1.807) is 0 Å². The van der Waals surface area contributed by atoms with E-state index in [4.69, 9.17) is 16.6 Å². The zero-order valence-corrected chi connectivity index (χ0v) is 19.6. The third kappa shape index (κ3) is 8.70. The molecule has 0 aromatic heterocycles. The number of aliphatic carboxylic acids is 2. The average molecular weight is 498 g/mol. The van der Waals surface area contributed by atoms with Crippen LogP contribution in [0.5, 0.6) is 0 Å². The van der Waals surface area contributed by atoms with E-state index >= 15 is 0 Å². The highest BCUT2D eigenvalue weighted by molar-refractivity contribution is 5.94. The summed E-state index contributed by atoms with van der Waals surface area (Å²) in [6, 6.07) is -3.67. The molecular formula is C21H35N7O7. The maximum atomic E-state index is 13.3. The van der Waals surface area contributed by atoms with Crippen LogP contribution < -0.4 is 27.4 Å². The number of carbonyl (C=O) groups excluding carboxylic acids is 3. The number of amides is 3. The van der Waals surface area contributed by atoms with Crippen molar-refractivity contribution in [3.05, 3.63) is 0 Å². The monoisotopic (exact) mass is 497 g/mol. The predicted octanol–water partition coefficient (Wildman–Crippen LogP) is -2.30. The number of hydrogen-bond donors (Lipinski definition) is 7. The van der Waals surface area contributed by atoms with Gasteiger partial charge in [0, 0.05) is 19.5 Å². The Labute approximate surface area is 202 Å². The van der Waals surface area contributed by atoms with Crippen molar-refractivity contribution < 1.29 is 34.2 Å². The predicted molar refractivity (Wildman–Crippen MR) is 124 cm³/mol. The number of likely N-dealkylation sites (tertiary alicyclic amines) is 1. The molecule has 2 aliphatic rings. The van der Waals surface area contributed by atoms with Crippen molar-refractivity contribution in [1.29, 1.82) is 0 Å². The number of nitrogens with one attached hydrogen (secondary N) is 3. The molecule has 0 spiro atoms. The van der Waals surface area contributed by atoms with Crippen LogP contribution in [0.2, 0.25) is 0 Å². The van der Waals surface area contributed by atoms with E-state index in [-0.39, 0.29) is 38.3 Å². The van der Waals surface area contributed by atoms with Gasteiger partial charge in [-0.15, -0.1) is 0 Å². The molecule has 2 saturated heterocycles. The lowest BCUT2D eigenvalue weighted by atomic mass is 10.1. The molecule has 3 amide bonds. The topological polar surface area (TPSA) is 230 Å². The fraction of sp³-hybridized carbons (Fsp3) is 0.714. The lowest BCUT2D eigenvalue weighted by Gasteiger charge is -2.30. The van der Waals surface area contributed by atoms with Crippen LogP contribution in [0.25, 0.3) is 0 Å². The van der Waals surface area contributed by atoms with Crippen molar-refractivity contribution in [3.63, 3.8) is 0 Å². The second-order valence-corrected chi connectivity index (χ2v) is 8.68. The van der Waals surface area contributed by atoms with Gasteiger partial charge in [-0.05, 0) is 51.5 Å². The first-order valence-electron chi connectivity index (χ1n) is 11.7. The first-order chi connectivity index (χ1) is 16.6. The van der Waals surface area contributed by atoms with Gasteiger partial charge in [0.25, 0.3) is 0 Å². The van der Waals surface area contributed by atoms with E-state index in [0.29, 0.717) is 32.2 Å². The molecule has 35 heavy (non-hydrogen) atoms. The van der Waals surface area contributed by atoms with Gasteiger partial charge in [-0.3, -0.25) is 24.2 Å². The molecule has 4 atom stereocenters. The van der Waals surface area contributed by atoms with Gasteiger partial charge in [-0.25, -0.2) is 4.79 Å². The standard InChI is InChI=1S/C21H35N7O7/c22-21(23)25-10-2-5-14(20(34)35)27-18(32)15-6-3-11-28(15)19(33)13(7-8-16(29)30)26-17(31)12-4-1-9-24-12/h12-15,24H,1-11H2,(H,26,31)(H,27,32)(H,29,30)(H,34,35)(H4,22,23,25)/t12-,13-,14-,15-/m0/s1. The first kappa shape index (κ1) is 27.8. The fourth-order valence-corrected chi connectivity index (χ4v) is 4.24. The average Bonchev–Trinajstić information content (AvgIpc) is 3.49. The number of aliphatic imine (C=N–C) groups is 1. The number of rotatable bonds is 13. The molecule has 9 N–H and O–H groups in total. The summed E-state index contributed by atoms with van der Waals surface area (Å²) in [5.41, 5.74) is 10.5. The molecule has 0 aromatic carbocycles. The largest absolute Gasteiger partial charge is 0.481 e. The third-order valence-electron chi connectivity index (χ3n) is 6.04. The van der Waals surface area contributed by atoms with Crippen LogP contribution in [-0.4, -0.2) is 94.5 Å². The van der Waals surface area contributed by atoms with Gasteiger partial charge in [0.15, 0.2) is 5.96 Å². The second-order valence-electron chi connectivity index (χ2n) is 8.68. The Morgan fingerprint density at radius 1 is 1.00 bits per heavy atom. The quantitative estimate of drug-likeness (QED) is 0.0817. The van der Waals surface area contributed by atoms with Crippen molar-refractivity contribution in [2.75, 3.05) is 19.6 Å². The molecule has 2 heterocycles. The summed E-state index contributed by atoms with van der Waals surface area (Å²) in [6.07, 6.45) is 2.20. The molecule has 0 bridgehead atoms. The zero-order valence-electron chi connectivity index (χ0n) is 19.6. The summed E-state index contributed by atoms with van der Waals surface area (Å²) in [5.74, 6) is -4.03. The van der Waals surface area contributed by atoms with Crippen LogP contribution >= 0.6 is 0 Å². The van der Waals surface area contributed by atoms with Crippen molar-refractivity contribution in [2.24, 2.45) is 16.5 Å². The molecule has 196 valence electrons. The molecule has 0 radical (unpaired) electrons. The number of carbonyl (C=O) groups is 5. The number of hydrogen-bond acceptors (Lipinski definition) is 7. The normalized spacial score (nSPS) is 21.1. The molecule has 14 nitrogen and oxygen atoms in total. The smallest absolute Gasteiger partial charge is 0.326 e. The van der Waals surface area contributed by atoms with Gasteiger partial charge in [0.2, 0.25) is 17.7 Å². The number of guanidine groups is 1. The molecule has 14 heteroatoms. The minimum Gasteiger partial charge on any atom is -0.481 e. The Hall–Kier alpha value is -3.42. The third-order valence-corrected chi connectivity index (χ3v) is 6.04. The summed E-state index contributed by atoms with van der Waals surface area (Å²) >= 11 is 0. The number of carboxylic acid groups (broad SMARTS) is 2. The number of nitrogens with zero attached hydrogens (tertiary/aromatic N) is 2. The van der Waals surface area contributed by atoms with Crippen LogP contribution in [0, 0.1) is 0 Å². The van der Waals surface area contributed by atoms with Crippen molar-refractivity contribution in [1.82, 2.24) is 20.9 Å². The van der Waals surface area contributed by atoms with Gasteiger partial charge in [0.1, 0.15) is 18.1 Å². The summed E-state index contributed by atoms with van der Waals surface area (Å²) in [7, 11) is 0. The summed E-state index contributed by atoms with van der Waals surface area (Å²) in [6.45, 7) is 1.12. The van der Waals surface area contributed by atoms with Crippen LogP contribution in [0.15, 0.2) is 4.99 Å². The van der Waals surface area contributed by atoms with Crippen LogP contribution in [0.4, 0.5) is 0 Å². The molecular weight excluding hydrogens is 462 g/mol. The van der Waals surface area contributed by atoms with E-state index in [0.717, 1.165) is 6.42 Å². The molecule has 0 aliphatic carbocycles. The molecule has 0 aromatic rings. The minimum absolute atomic E-state index is 0.0875. The maximum Gasteiger partial charge on any atom is 0.326 e. The van der Waals surface area contributed by atoms with Gasteiger partial charge < -0.3 is 42.5 Å². The van der Waals surface area contributed by atoms with E-state index in [1.807, 2.05) is 0 Å². The molecule has 2 rings (SSSR count). The van der Waals surface area contributed by atoms with Crippen molar-refractivity contribution >= 4 is 35.6 Å². The fourth-order valence-electron chi connectivity index (χ4n) is 4.24. The van der Waals surface area contributed by atoms with Crippen LogP contribution in [0.3, 0.4) is 0 Å². The second kappa shape index (κ2) is 13.5. The Morgan fingerprint density at radius 3 is 2.31 bits per heavy atom. The molecule has 0 unspecified atom stereocenters. The van der Waals surface area contributed by atoms with Gasteiger partial charge in [-0.2, -0.15) is 0 Å². The minimum atomic E-state index is -1.23. The number of nitrogens with two attached hydrogens (primary N) is 2. The van der Waals surface area contributed by atoms with Gasteiger partial charge >= 0.3 is 11.9 Å². The van der Waals surface area contributed by atoms with E-state index in [9.17, 15) is 29.1 Å². The van der Waals surface area contributed by atoms with Crippen LogP contribution in [0.1, 0.15) is 51.4 Å². The Balaban J connectivity index is 2.05. The lowest BCUT2D eigenvalue weighted by molar-refractivity contribution is -0.145. The highest BCUT2D eigenvalue weighted by Crippen LogP contribution is 2.20. The highest BCUT2D eigenvalue weighted by atomic mass is 16.4. The lowest BCUT2D eigenvalue weighted by Crippen LogP contribution is -2.56. The van der Waals surface area contributed by atoms with Crippen molar-refractivity contribution in [2.45, 2.75) is 75.5 Å². The van der Waals surface area contributed by atoms with Gasteiger partial charge in [0.05, 0.1) is 6.04 Å². The van der Waals surface area contributed by atoms with Crippen molar-refractivity contribution in [3.8, 4) is 0 Å². The van der Waals surface area contributed by atoms with Crippen LogP contribution in [-0.2, 0) is 24.0 Å². The Morgan fingerprint density at radius 2 is 1.71 bits per heavy atom. The van der Waals surface area contributed by atoms with E-state index in [1.165, 1.54) is 4.90 Å². The van der Waals surface area contributed by atoms with Gasteiger partial charge in [-0.1, -0.05) is 0 Å². The Kier molecular flexibility index (Phi) is 10.7. The first-order valence-corrected chi connectivity index (χ1v) is 11.7. The highest BCUT2D eigenvalue weighted by Gasteiger charge is 2.39. The maximum absolute atomic E-state index is 13.3. The summed E-state index contributed by atoms with van der Waals surface area (Å²) < 4.78 is 0. The SMILES string of the molecule is NC(N)=NCCC[C@H](NC(=O)[C@@H]1CCCN1C(=O)[C@H](CCC(=O)O)NC(=O)[C@@H]1CCCN1)C(=O)O.